The van der Waals surface area contributed by atoms with Gasteiger partial charge in [0.15, 0.2) is 0 Å². The standard InChI is InChI=1S/C24H36O3/c1-15(25)19-6-7-20-23(19,4)13-10-21-22(3)12-9-18(27-16(2)26)14-17(22)8-11-24(20,21)5/h8,18-21H,6-7,9-14H2,1-5H3/t18-,19+,20+,21+,22-,23+,24-/m0/s1. The van der Waals surface area contributed by atoms with Crippen LogP contribution in [0.3, 0.4) is 0 Å². The molecule has 0 aromatic carbocycles. The number of carbonyl (C=O) groups is 2. The first-order valence-corrected chi connectivity index (χ1v) is 11.0. The first kappa shape index (κ1) is 19.2. The zero-order valence-corrected chi connectivity index (χ0v) is 17.8. The van der Waals surface area contributed by atoms with E-state index in [0.29, 0.717) is 23.0 Å². The highest BCUT2D eigenvalue weighted by molar-refractivity contribution is 5.79. The maximum Gasteiger partial charge on any atom is 0.302 e. The highest BCUT2D eigenvalue weighted by Gasteiger charge is 2.64. The molecule has 4 rings (SSSR count). The van der Waals surface area contributed by atoms with E-state index in [0.717, 1.165) is 32.1 Å². The lowest BCUT2D eigenvalue weighted by molar-refractivity contribution is -0.151. The number of fused-ring (bicyclic) bond motifs is 5. The van der Waals surface area contributed by atoms with Crippen LogP contribution in [0.2, 0.25) is 0 Å². The Hall–Kier alpha value is -1.12. The second-order valence-electron chi connectivity index (χ2n) is 10.7. The van der Waals surface area contributed by atoms with Gasteiger partial charge in [0.1, 0.15) is 11.9 Å². The fourth-order valence-corrected chi connectivity index (χ4v) is 8.29. The van der Waals surface area contributed by atoms with Crippen molar-refractivity contribution in [1.82, 2.24) is 0 Å². The SMILES string of the molecule is CC(=O)O[C@H]1CC[C@@]2(C)C(=CC[C@@]3(C)[C@@H]4CC[C@H](C(C)=O)[C@@]4(C)CC[C@@H]32)C1. The predicted octanol–water partition coefficient (Wildman–Crippen LogP) is 5.48. The molecule has 0 spiro atoms. The van der Waals surface area contributed by atoms with E-state index in [2.05, 4.69) is 26.8 Å². The van der Waals surface area contributed by atoms with E-state index >= 15 is 0 Å². The first-order chi connectivity index (χ1) is 12.6. The summed E-state index contributed by atoms with van der Waals surface area (Å²) in [6, 6.07) is 0. The summed E-state index contributed by atoms with van der Waals surface area (Å²) in [6.45, 7) is 10.7. The molecule has 0 radical (unpaired) electrons. The number of Topliss-reactive ketones (excluding diaryl/α,β-unsaturated/α-hetero) is 1. The Balaban J connectivity index is 1.65. The van der Waals surface area contributed by atoms with Gasteiger partial charge in [0.05, 0.1) is 0 Å². The average molecular weight is 373 g/mol. The molecule has 0 amide bonds. The van der Waals surface area contributed by atoms with Crippen LogP contribution in [0.5, 0.6) is 0 Å². The average Bonchev–Trinajstić information content (AvgIpc) is 2.93. The van der Waals surface area contributed by atoms with Gasteiger partial charge in [-0.1, -0.05) is 32.4 Å². The largest absolute Gasteiger partial charge is 0.462 e. The summed E-state index contributed by atoms with van der Waals surface area (Å²) < 4.78 is 5.55. The van der Waals surface area contributed by atoms with Crippen LogP contribution in [0.1, 0.15) is 86.0 Å². The van der Waals surface area contributed by atoms with Crippen molar-refractivity contribution in [2.24, 2.45) is 34.0 Å². The minimum absolute atomic E-state index is 0.0635. The van der Waals surface area contributed by atoms with Gasteiger partial charge in [0, 0.05) is 19.3 Å². The summed E-state index contributed by atoms with van der Waals surface area (Å²) in [5.41, 5.74) is 2.25. The Kier molecular flexibility index (Phi) is 4.40. The summed E-state index contributed by atoms with van der Waals surface area (Å²) in [4.78, 5) is 23.7. The Morgan fingerprint density at radius 2 is 1.70 bits per heavy atom. The number of allylic oxidation sites excluding steroid dienone is 1. The topological polar surface area (TPSA) is 43.4 Å². The van der Waals surface area contributed by atoms with Crippen molar-refractivity contribution in [2.45, 2.75) is 92.1 Å². The van der Waals surface area contributed by atoms with Crippen molar-refractivity contribution >= 4 is 11.8 Å². The maximum absolute atomic E-state index is 12.3. The van der Waals surface area contributed by atoms with Crippen molar-refractivity contribution in [3.05, 3.63) is 11.6 Å². The molecule has 0 aromatic rings. The van der Waals surface area contributed by atoms with Gasteiger partial charge in [-0.15, -0.1) is 0 Å². The third-order valence-corrected chi connectivity index (χ3v) is 9.45. The fraction of sp³-hybridized carbons (Fsp3) is 0.833. The lowest BCUT2D eigenvalue weighted by atomic mass is 9.41. The van der Waals surface area contributed by atoms with Gasteiger partial charge in [-0.05, 0) is 80.0 Å². The van der Waals surface area contributed by atoms with E-state index in [9.17, 15) is 9.59 Å². The molecule has 4 aliphatic rings. The minimum atomic E-state index is -0.153. The normalized spacial score (nSPS) is 48.7. The zero-order valence-electron chi connectivity index (χ0n) is 17.8. The predicted molar refractivity (Wildman–Crippen MR) is 106 cm³/mol. The van der Waals surface area contributed by atoms with Crippen molar-refractivity contribution in [1.29, 1.82) is 0 Å². The molecule has 150 valence electrons. The molecule has 0 heterocycles. The summed E-state index contributed by atoms with van der Waals surface area (Å²) >= 11 is 0. The quantitative estimate of drug-likeness (QED) is 0.476. The van der Waals surface area contributed by atoms with Gasteiger partial charge >= 0.3 is 5.97 Å². The number of esters is 1. The lowest BCUT2D eigenvalue weighted by Crippen LogP contribution is -2.56. The van der Waals surface area contributed by atoms with Crippen molar-refractivity contribution in [2.75, 3.05) is 0 Å². The number of hydrogen-bond donors (Lipinski definition) is 0. The summed E-state index contributed by atoms with van der Waals surface area (Å²) in [6.07, 6.45) is 11.4. The van der Waals surface area contributed by atoms with Gasteiger partial charge in [0.2, 0.25) is 0 Å². The molecule has 0 bridgehead atoms. The van der Waals surface area contributed by atoms with E-state index in [1.165, 1.54) is 31.8 Å². The van der Waals surface area contributed by atoms with Crippen LogP contribution in [-0.2, 0) is 14.3 Å². The number of ether oxygens (including phenoxy) is 1. The summed E-state index contributed by atoms with van der Waals surface area (Å²) in [5, 5.41) is 0. The van der Waals surface area contributed by atoms with Crippen molar-refractivity contribution in [3.8, 4) is 0 Å². The third-order valence-electron chi connectivity index (χ3n) is 9.45. The highest BCUT2D eigenvalue weighted by Crippen LogP contribution is 2.71. The van der Waals surface area contributed by atoms with E-state index in [1.54, 1.807) is 0 Å². The van der Waals surface area contributed by atoms with Gasteiger partial charge in [-0.3, -0.25) is 9.59 Å². The third kappa shape index (κ3) is 2.67. The van der Waals surface area contributed by atoms with E-state index < -0.39 is 0 Å². The monoisotopic (exact) mass is 372 g/mol. The Morgan fingerprint density at radius 3 is 2.37 bits per heavy atom. The molecule has 3 heteroatoms. The van der Waals surface area contributed by atoms with Gasteiger partial charge in [-0.25, -0.2) is 0 Å². The molecule has 3 nitrogen and oxygen atoms in total. The van der Waals surface area contributed by atoms with Crippen molar-refractivity contribution in [3.63, 3.8) is 0 Å². The fourth-order valence-electron chi connectivity index (χ4n) is 8.29. The molecule has 0 unspecified atom stereocenters. The van der Waals surface area contributed by atoms with Gasteiger partial charge in [-0.2, -0.15) is 0 Å². The summed E-state index contributed by atoms with van der Waals surface area (Å²) in [5.74, 6) is 1.85. The van der Waals surface area contributed by atoms with Crippen LogP contribution >= 0.6 is 0 Å². The molecule has 4 aliphatic carbocycles. The second kappa shape index (κ2) is 6.19. The van der Waals surface area contributed by atoms with E-state index in [-0.39, 0.29) is 28.8 Å². The Labute approximate surface area is 164 Å². The van der Waals surface area contributed by atoms with E-state index in [4.69, 9.17) is 4.74 Å². The molecule has 0 aliphatic heterocycles. The molecule has 7 atom stereocenters. The molecule has 0 N–H and O–H groups in total. The van der Waals surface area contributed by atoms with Crippen LogP contribution in [0.25, 0.3) is 0 Å². The van der Waals surface area contributed by atoms with Crippen LogP contribution in [-0.4, -0.2) is 17.9 Å². The zero-order chi connectivity index (χ0) is 19.6. The highest BCUT2D eigenvalue weighted by atomic mass is 16.5. The van der Waals surface area contributed by atoms with Crippen LogP contribution in [0, 0.1) is 34.0 Å². The summed E-state index contributed by atoms with van der Waals surface area (Å²) in [7, 11) is 0. The Bertz CT molecular complexity index is 694. The van der Waals surface area contributed by atoms with Gasteiger partial charge < -0.3 is 4.74 Å². The number of hydrogen-bond acceptors (Lipinski definition) is 3. The smallest absolute Gasteiger partial charge is 0.302 e. The number of carbonyl (C=O) groups excluding carboxylic acids is 2. The van der Waals surface area contributed by atoms with E-state index in [1.807, 2.05) is 6.92 Å². The Morgan fingerprint density at radius 1 is 0.963 bits per heavy atom. The van der Waals surface area contributed by atoms with Crippen molar-refractivity contribution < 1.29 is 14.3 Å². The van der Waals surface area contributed by atoms with Crippen LogP contribution < -0.4 is 0 Å². The first-order valence-electron chi connectivity index (χ1n) is 11.0. The minimum Gasteiger partial charge on any atom is -0.462 e. The molecular weight excluding hydrogens is 336 g/mol. The molecule has 0 saturated heterocycles. The molecule has 0 aromatic heterocycles. The number of rotatable bonds is 2. The molecule has 3 fully saturated rings. The molecule has 27 heavy (non-hydrogen) atoms. The molecular formula is C24H36O3. The van der Waals surface area contributed by atoms with Gasteiger partial charge in [0.25, 0.3) is 0 Å². The van der Waals surface area contributed by atoms with Crippen LogP contribution in [0.15, 0.2) is 11.6 Å². The lowest BCUT2D eigenvalue weighted by Gasteiger charge is -2.63. The molecule has 3 saturated carbocycles. The number of ketones is 1. The van der Waals surface area contributed by atoms with Crippen LogP contribution in [0.4, 0.5) is 0 Å². The second-order valence-corrected chi connectivity index (χ2v) is 10.7. The maximum atomic E-state index is 12.3.